The van der Waals surface area contributed by atoms with Crippen molar-refractivity contribution in [3.63, 3.8) is 0 Å². The van der Waals surface area contributed by atoms with E-state index in [0.717, 1.165) is 5.56 Å². The number of nitrogen functional groups attached to an aromatic ring is 1. The van der Waals surface area contributed by atoms with Crippen LogP contribution in [0.5, 0.6) is 0 Å². The Kier molecular flexibility index (Phi) is 5.49. The Morgan fingerprint density at radius 1 is 1.22 bits per heavy atom. The van der Waals surface area contributed by atoms with E-state index in [1.165, 1.54) is 6.92 Å². The van der Waals surface area contributed by atoms with Crippen LogP contribution in [0.25, 0.3) is 0 Å². The van der Waals surface area contributed by atoms with Crippen LogP contribution >= 0.6 is 0 Å². The molecule has 0 saturated carbocycles. The summed E-state index contributed by atoms with van der Waals surface area (Å²) in [5, 5.41) is 0. The van der Waals surface area contributed by atoms with Crippen LogP contribution in [0.15, 0.2) is 11.0 Å². The highest BCUT2D eigenvalue weighted by Crippen LogP contribution is 2.28. The summed E-state index contributed by atoms with van der Waals surface area (Å²) in [5.41, 5.74) is 7.56. The van der Waals surface area contributed by atoms with Crippen molar-refractivity contribution >= 4 is 21.7 Å². The van der Waals surface area contributed by atoms with E-state index in [2.05, 4.69) is 4.72 Å². The lowest BCUT2D eigenvalue weighted by atomic mass is 10.1. The zero-order chi connectivity index (χ0) is 18.2. The summed E-state index contributed by atoms with van der Waals surface area (Å²) >= 11 is 0. The highest BCUT2D eigenvalue weighted by atomic mass is 32.2. The lowest BCUT2D eigenvalue weighted by Gasteiger charge is -2.23. The number of sulfonamides is 1. The van der Waals surface area contributed by atoms with Crippen LogP contribution in [0.3, 0.4) is 0 Å². The second kappa shape index (κ2) is 6.49. The number of carbonyl (C=O) groups excluding carboxylic acids is 1. The van der Waals surface area contributed by atoms with Crippen molar-refractivity contribution in [2.24, 2.45) is 0 Å². The molecule has 0 spiro atoms. The average Bonchev–Trinajstić information content (AvgIpc) is 2.32. The predicted octanol–water partition coefficient (Wildman–Crippen LogP) is 2.20. The Morgan fingerprint density at radius 3 is 2.22 bits per heavy atom. The van der Waals surface area contributed by atoms with Gasteiger partial charge in [0.25, 0.3) is 0 Å². The van der Waals surface area contributed by atoms with E-state index < -0.39 is 27.6 Å². The van der Waals surface area contributed by atoms with E-state index in [1.54, 1.807) is 40.7 Å². The summed E-state index contributed by atoms with van der Waals surface area (Å²) in [4.78, 5) is 12.1. The summed E-state index contributed by atoms with van der Waals surface area (Å²) in [6.45, 7) is 11.8. The van der Waals surface area contributed by atoms with E-state index in [1.807, 2.05) is 6.92 Å². The van der Waals surface area contributed by atoms with Crippen LogP contribution in [0.2, 0.25) is 0 Å². The smallest absolute Gasteiger partial charge is 0.324 e. The molecule has 7 heteroatoms. The minimum absolute atomic E-state index is 0.107. The fraction of sp³-hybridized carbons (Fsp3) is 0.562. The number of benzene rings is 1. The summed E-state index contributed by atoms with van der Waals surface area (Å²) in [6, 6.07) is 0.718. The Labute approximate surface area is 138 Å². The van der Waals surface area contributed by atoms with Crippen molar-refractivity contribution in [3.8, 4) is 0 Å². The van der Waals surface area contributed by atoms with Gasteiger partial charge in [-0.2, -0.15) is 4.72 Å². The predicted molar refractivity (Wildman–Crippen MR) is 90.7 cm³/mol. The van der Waals surface area contributed by atoms with Crippen molar-refractivity contribution in [3.05, 3.63) is 22.8 Å². The van der Waals surface area contributed by atoms with Gasteiger partial charge in [-0.05, 0) is 65.2 Å². The maximum Gasteiger partial charge on any atom is 0.324 e. The molecule has 0 aliphatic carbocycles. The molecule has 0 aromatic heterocycles. The number of esters is 1. The second-order valence-corrected chi connectivity index (χ2v) is 8.41. The first-order valence-electron chi connectivity index (χ1n) is 7.37. The van der Waals surface area contributed by atoms with Gasteiger partial charge in [0, 0.05) is 5.69 Å². The van der Waals surface area contributed by atoms with Crippen LogP contribution in [0.4, 0.5) is 5.69 Å². The molecular formula is C16H26N2O4S. The van der Waals surface area contributed by atoms with Gasteiger partial charge < -0.3 is 10.5 Å². The molecule has 3 N–H and O–H groups in total. The number of aryl methyl sites for hydroxylation is 2. The summed E-state index contributed by atoms with van der Waals surface area (Å²) < 4.78 is 32.8. The van der Waals surface area contributed by atoms with Gasteiger partial charge in [0.05, 0.1) is 4.90 Å². The van der Waals surface area contributed by atoms with Crippen LogP contribution < -0.4 is 10.5 Å². The zero-order valence-electron chi connectivity index (χ0n) is 14.8. The quantitative estimate of drug-likeness (QED) is 0.645. The minimum Gasteiger partial charge on any atom is -0.459 e. The van der Waals surface area contributed by atoms with Gasteiger partial charge in [-0.3, -0.25) is 4.79 Å². The Balaban J connectivity index is 3.15. The highest BCUT2D eigenvalue weighted by molar-refractivity contribution is 7.89. The zero-order valence-corrected chi connectivity index (χ0v) is 15.6. The van der Waals surface area contributed by atoms with Gasteiger partial charge in [-0.15, -0.1) is 0 Å². The molecule has 0 unspecified atom stereocenters. The number of rotatable bonds is 4. The molecule has 1 aromatic rings. The fourth-order valence-electron chi connectivity index (χ4n) is 2.33. The Bertz CT molecular complexity index is 719. The first-order chi connectivity index (χ1) is 10.3. The van der Waals surface area contributed by atoms with Crippen molar-refractivity contribution in [1.82, 2.24) is 4.72 Å². The van der Waals surface area contributed by atoms with Gasteiger partial charge in [0.15, 0.2) is 0 Å². The van der Waals surface area contributed by atoms with Gasteiger partial charge in [0.2, 0.25) is 10.0 Å². The fourth-order valence-corrected chi connectivity index (χ4v) is 4.00. The monoisotopic (exact) mass is 342 g/mol. The first-order valence-corrected chi connectivity index (χ1v) is 8.86. The summed E-state index contributed by atoms with van der Waals surface area (Å²) in [5.74, 6) is -0.628. The molecule has 1 aromatic carbocycles. The van der Waals surface area contributed by atoms with Gasteiger partial charge in [-0.25, -0.2) is 8.42 Å². The van der Waals surface area contributed by atoms with Crippen molar-refractivity contribution < 1.29 is 17.9 Å². The molecule has 0 bridgehead atoms. The first kappa shape index (κ1) is 19.4. The highest BCUT2D eigenvalue weighted by Gasteiger charge is 2.29. The lowest BCUT2D eigenvalue weighted by Crippen LogP contribution is -2.42. The van der Waals surface area contributed by atoms with E-state index in [-0.39, 0.29) is 4.90 Å². The topological polar surface area (TPSA) is 98.5 Å². The molecule has 0 saturated heterocycles. The number of nitrogens with two attached hydrogens (primary N) is 1. The molecule has 0 aliphatic rings. The minimum atomic E-state index is -3.89. The molecule has 0 amide bonds. The summed E-state index contributed by atoms with van der Waals surface area (Å²) in [6.07, 6.45) is 0. The second-order valence-electron chi connectivity index (χ2n) is 6.75. The van der Waals surface area contributed by atoms with E-state index >= 15 is 0 Å². The molecule has 0 radical (unpaired) electrons. The number of hydrogen-bond donors (Lipinski definition) is 2. The molecule has 1 atom stereocenters. The summed E-state index contributed by atoms with van der Waals surface area (Å²) in [7, 11) is -3.89. The molecule has 0 heterocycles. The lowest BCUT2D eigenvalue weighted by molar-refractivity contribution is -0.156. The molecule has 130 valence electrons. The molecule has 6 nitrogen and oxygen atoms in total. The number of hydrogen-bond acceptors (Lipinski definition) is 5. The Morgan fingerprint density at radius 2 is 1.74 bits per heavy atom. The van der Waals surface area contributed by atoms with E-state index in [0.29, 0.717) is 16.8 Å². The third kappa shape index (κ3) is 4.68. The van der Waals surface area contributed by atoms with Crippen LogP contribution in [0, 0.1) is 20.8 Å². The normalized spacial score (nSPS) is 13.7. The van der Waals surface area contributed by atoms with E-state index in [4.69, 9.17) is 10.5 Å². The molecule has 1 rings (SSSR count). The standard InChI is InChI=1S/C16H26N2O4S/c1-9-8-10(2)14(11(3)13(9)17)23(20,21)18-12(4)15(19)22-16(5,6)7/h8,12,18H,17H2,1-7H3/t12-/m0/s1. The molecular weight excluding hydrogens is 316 g/mol. The van der Waals surface area contributed by atoms with Crippen molar-refractivity contribution in [2.45, 2.75) is 65.0 Å². The van der Waals surface area contributed by atoms with Crippen LogP contribution in [-0.4, -0.2) is 26.0 Å². The molecule has 0 fully saturated rings. The van der Waals surface area contributed by atoms with Gasteiger partial charge in [-0.1, -0.05) is 6.07 Å². The average molecular weight is 342 g/mol. The Hall–Kier alpha value is -1.60. The maximum atomic E-state index is 12.6. The van der Waals surface area contributed by atoms with E-state index in [9.17, 15) is 13.2 Å². The third-order valence-electron chi connectivity index (χ3n) is 3.32. The van der Waals surface area contributed by atoms with Crippen molar-refractivity contribution in [2.75, 3.05) is 5.73 Å². The number of ether oxygens (including phenoxy) is 1. The third-order valence-corrected chi connectivity index (χ3v) is 5.15. The molecule has 23 heavy (non-hydrogen) atoms. The number of anilines is 1. The van der Waals surface area contributed by atoms with Crippen molar-refractivity contribution in [1.29, 1.82) is 0 Å². The van der Waals surface area contributed by atoms with Crippen LogP contribution in [-0.2, 0) is 19.6 Å². The SMILES string of the molecule is Cc1cc(C)c(S(=O)(=O)N[C@@H](C)C(=O)OC(C)(C)C)c(C)c1N. The number of nitrogens with one attached hydrogen (secondary N) is 1. The van der Waals surface area contributed by atoms with Gasteiger partial charge in [0.1, 0.15) is 11.6 Å². The van der Waals surface area contributed by atoms with Crippen LogP contribution in [0.1, 0.15) is 44.4 Å². The largest absolute Gasteiger partial charge is 0.459 e. The maximum absolute atomic E-state index is 12.6. The van der Waals surface area contributed by atoms with Gasteiger partial charge >= 0.3 is 5.97 Å². The molecule has 0 aliphatic heterocycles. The number of carbonyl (C=O) groups is 1.